The lowest BCUT2D eigenvalue weighted by atomic mass is 10.1. The maximum Gasteiger partial charge on any atom is 0.261 e. The highest BCUT2D eigenvalue weighted by molar-refractivity contribution is 6.21. The van der Waals surface area contributed by atoms with Crippen molar-refractivity contribution in [3.8, 4) is 0 Å². The Balaban J connectivity index is 1.61. The number of nitrogens with zero attached hydrogens (tertiary/aromatic N) is 1. The van der Waals surface area contributed by atoms with Crippen molar-refractivity contribution in [3.05, 3.63) is 71.3 Å². The molecule has 0 aromatic heterocycles. The van der Waals surface area contributed by atoms with Gasteiger partial charge in [0.15, 0.2) is 0 Å². The van der Waals surface area contributed by atoms with Crippen LogP contribution in [0, 0.1) is 0 Å². The first-order chi connectivity index (χ1) is 10.7. The van der Waals surface area contributed by atoms with Gasteiger partial charge in [0.2, 0.25) is 0 Å². The number of carbonyl (C=O) groups excluding carboxylic acids is 3. The van der Waals surface area contributed by atoms with Crippen LogP contribution in [0.1, 0.15) is 31.1 Å². The molecule has 0 radical (unpaired) electrons. The van der Waals surface area contributed by atoms with Crippen LogP contribution in [-0.2, 0) is 0 Å². The summed E-state index contributed by atoms with van der Waals surface area (Å²) in [4.78, 5) is 37.4. The van der Waals surface area contributed by atoms with Crippen molar-refractivity contribution >= 4 is 17.7 Å². The first-order valence-electron chi connectivity index (χ1n) is 6.97. The molecule has 22 heavy (non-hydrogen) atoms. The van der Waals surface area contributed by atoms with Gasteiger partial charge in [-0.25, -0.2) is 0 Å². The maximum atomic E-state index is 12.1. The molecule has 0 saturated heterocycles. The van der Waals surface area contributed by atoms with E-state index in [0.717, 1.165) is 4.90 Å². The molecule has 0 aliphatic carbocycles. The molecule has 5 nitrogen and oxygen atoms in total. The van der Waals surface area contributed by atoms with Crippen molar-refractivity contribution in [3.63, 3.8) is 0 Å². The summed E-state index contributed by atoms with van der Waals surface area (Å²) < 4.78 is 0. The van der Waals surface area contributed by atoms with E-state index < -0.39 is 0 Å². The van der Waals surface area contributed by atoms with Crippen molar-refractivity contribution in [1.82, 2.24) is 10.2 Å². The zero-order chi connectivity index (χ0) is 15.5. The smallest absolute Gasteiger partial charge is 0.261 e. The minimum absolute atomic E-state index is 0.158. The summed E-state index contributed by atoms with van der Waals surface area (Å²) >= 11 is 0. The van der Waals surface area contributed by atoms with E-state index in [1.54, 1.807) is 48.5 Å². The van der Waals surface area contributed by atoms with Gasteiger partial charge in [-0.15, -0.1) is 0 Å². The number of imide groups is 1. The average Bonchev–Trinajstić information content (AvgIpc) is 2.81. The third-order valence-electron chi connectivity index (χ3n) is 3.54. The zero-order valence-electron chi connectivity index (χ0n) is 11.8. The van der Waals surface area contributed by atoms with Crippen LogP contribution < -0.4 is 5.32 Å². The van der Waals surface area contributed by atoms with E-state index in [-0.39, 0.29) is 30.8 Å². The second-order valence-electron chi connectivity index (χ2n) is 4.93. The molecule has 110 valence electrons. The largest absolute Gasteiger partial charge is 0.350 e. The molecule has 0 unspecified atom stereocenters. The Morgan fingerprint density at radius 3 is 2.00 bits per heavy atom. The number of benzene rings is 2. The first kappa shape index (κ1) is 14.0. The molecule has 1 aliphatic heterocycles. The first-order valence-corrected chi connectivity index (χ1v) is 6.97. The van der Waals surface area contributed by atoms with E-state index in [1.165, 1.54) is 0 Å². The summed E-state index contributed by atoms with van der Waals surface area (Å²) in [6.07, 6.45) is 0. The number of amides is 3. The highest BCUT2D eigenvalue weighted by Gasteiger charge is 2.34. The molecule has 0 atom stereocenters. The fourth-order valence-corrected chi connectivity index (χ4v) is 2.42. The Bertz CT molecular complexity index is 706. The van der Waals surface area contributed by atoms with Crippen molar-refractivity contribution in [2.45, 2.75) is 0 Å². The fourth-order valence-electron chi connectivity index (χ4n) is 2.42. The van der Waals surface area contributed by atoms with E-state index in [2.05, 4.69) is 5.32 Å². The van der Waals surface area contributed by atoms with Gasteiger partial charge in [-0.3, -0.25) is 19.3 Å². The van der Waals surface area contributed by atoms with Gasteiger partial charge in [-0.2, -0.15) is 0 Å². The van der Waals surface area contributed by atoms with E-state index in [0.29, 0.717) is 16.7 Å². The van der Waals surface area contributed by atoms with Gasteiger partial charge < -0.3 is 5.32 Å². The standard InChI is InChI=1S/C17H14N2O3/c20-15(12-6-2-1-3-7-12)18-10-11-19-16(21)13-8-4-5-9-14(13)17(19)22/h1-9H,10-11H2,(H,18,20). The highest BCUT2D eigenvalue weighted by Crippen LogP contribution is 2.21. The van der Waals surface area contributed by atoms with Gasteiger partial charge in [0, 0.05) is 18.7 Å². The molecular weight excluding hydrogens is 280 g/mol. The SMILES string of the molecule is O=C(NCCN1C(=O)c2ccccc2C1=O)c1ccccc1. The van der Waals surface area contributed by atoms with Crippen LogP contribution in [0.3, 0.4) is 0 Å². The van der Waals surface area contributed by atoms with Gasteiger partial charge in [-0.05, 0) is 24.3 Å². The number of hydrogen-bond donors (Lipinski definition) is 1. The van der Waals surface area contributed by atoms with Crippen LogP contribution in [-0.4, -0.2) is 35.7 Å². The lowest BCUT2D eigenvalue weighted by Gasteiger charge is -2.14. The second-order valence-corrected chi connectivity index (χ2v) is 4.93. The minimum atomic E-state index is -0.311. The quantitative estimate of drug-likeness (QED) is 0.873. The molecule has 3 amide bonds. The lowest BCUT2D eigenvalue weighted by Crippen LogP contribution is -2.38. The summed E-state index contributed by atoms with van der Waals surface area (Å²) in [7, 11) is 0. The van der Waals surface area contributed by atoms with Crippen molar-refractivity contribution < 1.29 is 14.4 Å². The van der Waals surface area contributed by atoms with Crippen LogP contribution >= 0.6 is 0 Å². The van der Waals surface area contributed by atoms with Crippen molar-refractivity contribution in [1.29, 1.82) is 0 Å². The van der Waals surface area contributed by atoms with Crippen LogP contribution in [0.25, 0.3) is 0 Å². The number of hydrogen-bond acceptors (Lipinski definition) is 3. The summed E-state index contributed by atoms with van der Waals surface area (Å²) in [6.45, 7) is 0.379. The molecular formula is C17H14N2O3. The predicted octanol–water partition coefficient (Wildman–Crippen LogP) is 1.71. The fraction of sp³-hybridized carbons (Fsp3) is 0.118. The number of nitrogens with one attached hydrogen (secondary N) is 1. The molecule has 0 fully saturated rings. The summed E-state index contributed by atoms with van der Waals surface area (Å²) in [5, 5.41) is 2.71. The summed E-state index contributed by atoms with van der Waals surface area (Å²) in [5.74, 6) is -0.846. The highest BCUT2D eigenvalue weighted by atomic mass is 16.2. The van der Waals surface area contributed by atoms with Crippen LogP contribution in [0.5, 0.6) is 0 Å². The van der Waals surface area contributed by atoms with Gasteiger partial charge in [0.05, 0.1) is 11.1 Å². The molecule has 1 aliphatic rings. The monoisotopic (exact) mass is 294 g/mol. The van der Waals surface area contributed by atoms with Crippen molar-refractivity contribution in [2.24, 2.45) is 0 Å². The molecule has 0 bridgehead atoms. The van der Waals surface area contributed by atoms with E-state index >= 15 is 0 Å². The molecule has 0 spiro atoms. The number of carbonyl (C=O) groups is 3. The van der Waals surface area contributed by atoms with Crippen LogP contribution in [0.15, 0.2) is 54.6 Å². The van der Waals surface area contributed by atoms with Crippen LogP contribution in [0.4, 0.5) is 0 Å². The average molecular weight is 294 g/mol. The lowest BCUT2D eigenvalue weighted by molar-refractivity contribution is 0.0650. The Kier molecular flexibility index (Phi) is 3.70. The normalized spacial score (nSPS) is 13.2. The van der Waals surface area contributed by atoms with Crippen molar-refractivity contribution in [2.75, 3.05) is 13.1 Å². The topological polar surface area (TPSA) is 66.5 Å². The molecule has 3 rings (SSSR count). The Morgan fingerprint density at radius 2 is 1.41 bits per heavy atom. The summed E-state index contributed by atoms with van der Waals surface area (Å²) in [5.41, 5.74) is 1.38. The minimum Gasteiger partial charge on any atom is -0.350 e. The van der Waals surface area contributed by atoms with Gasteiger partial charge in [-0.1, -0.05) is 30.3 Å². The van der Waals surface area contributed by atoms with Gasteiger partial charge in [0.25, 0.3) is 17.7 Å². The molecule has 1 N–H and O–H groups in total. The van der Waals surface area contributed by atoms with E-state index in [1.807, 2.05) is 6.07 Å². The Labute approximate surface area is 127 Å². The number of rotatable bonds is 4. The Morgan fingerprint density at radius 1 is 0.864 bits per heavy atom. The molecule has 2 aromatic rings. The van der Waals surface area contributed by atoms with E-state index in [4.69, 9.17) is 0 Å². The Hall–Kier alpha value is -2.95. The number of fused-ring (bicyclic) bond motifs is 1. The third kappa shape index (κ3) is 2.48. The van der Waals surface area contributed by atoms with E-state index in [9.17, 15) is 14.4 Å². The van der Waals surface area contributed by atoms with Gasteiger partial charge in [0.1, 0.15) is 0 Å². The van der Waals surface area contributed by atoms with Gasteiger partial charge >= 0.3 is 0 Å². The maximum absolute atomic E-state index is 12.1. The molecule has 0 saturated carbocycles. The zero-order valence-corrected chi connectivity index (χ0v) is 11.8. The molecule has 2 aromatic carbocycles. The summed E-state index contributed by atoms with van der Waals surface area (Å²) in [6, 6.07) is 15.5. The predicted molar refractivity (Wildman–Crippen MR) is 80.6 cm³/mol. The third-order valence-corrected chi connectivity index (χ3v) is 3.54. The second kappa shape index (κ2) is 5.81. The molecule has 5 heteroatoms. The molecule has 1 heterocycles. The van der Waals surface area contributed by atoms with Crippen LogP contribution in [0.2, 0.25) is 0 Å².